The Morgan fingerprint density at radius 1 is 1.24 bits per heavy atom. The highest BCUT2D eigenvalue weighted by molar-refractivity contribution is 7.99. The lowest BCUT2D eigenvalue weighted by Gasteiger charge is -2.26. The molecule has 1 atom stereocenters. The van der Waals surface area contributed by atoms with Crippen molar-refractivity contribution in [1.82, 2.24) is 5.43 Å². The first kappa shape index (κ1) is 13.4. The van der Waals surface area contributed by atoms with Gasteiger partial charge in [-0.05, 0) is 38.5 Å². The molecule has 0 bridgehead atoms. The minimum atomic E-state index is 0.419. The minimum Gasteiger partial charge on any atom is -0.271 e. The molecular weight excluding hydrogens is 228 g/mol. The van der Waals surface area contributed by atoms with Gasteiger partial charge in [-0.1, -0.05) is 30.9 Å². The first-order valence-corrected chi connectivity index (χ1v) is 8.21. The normalized spacial score (nSPS) is 24.4. The van der Waals surface area contributed by atoms with Crippen LogP contribution < -0.4 is 11.3 Å². The predicted octanol–water partition coefficient (Wildman–Crippen LogP) is 3.38. The van der Waals surface area contributed by atoms with Crippen LogP contribution in [0, 0.1) is 0 Å². The molecule has 0 amide bonds. The molecule has 3 N–H and O–H groups in total. The molecule has 0 saturated heterocycles. The monoisotopic (exact) mass is 254 g/mol. The molecule has 0 radical (unpaired) electrons. The number of hydrogen-bond acceptors (Lipinski definition) is 3. The van der Waals surface area contributed by atoms with Crippen molar-refractivity contribution in [3.63, 3.8) is 0 Å². The predicted molar refractivity (Wildman–Crippen MR) is 77.0 cm³/mol. The Balaban J connectivity index is 1.76. The summed E-state index contributed by atoms with van der Waals surface area (Å²) in [7, 11) is 0. The molecule has 2 nitrogen and oxygen atoms in total. The molecule has 0 spiro atoms. The van der Waals surface area contributed by atoms with Crippen LogP contribution >= 0.6 is 11.8 Å². The van der Waals surface area contributed by atoms with Crippen LogP contribution in [0.3, 0.4) is 0 Å². The topological polar surface area (TPSA) is 38.0 Å². The summed E-state index contributed by atoms with van der Waals surface area (Å²) >= 11 is 2.14. The fourth-order valence-electron chi connectivity index (χ4n) is 2.91. The summed E-state index contributed by atoms with van der Waals surface area (Å²) in [5.41, 5.74) is 4.58. The molecule has 1 fully saturated rings. The Bertz CT molecular complexity index is 247. The summed E-state index contributed by atoms with van der Waals surface area (Å²) in [6.45, 7) is 0. The highest BCUT2D eigenvalue weighted by atomic mass is 32.2. The average molecular weight is 254 g/mol. The Kier molecular flexibility index (Phi) is 5.89. The third kappa shape index (κ3) is 4.31. The van der Waals surface area contributed by atoms with Crippen molar-refractivity contribution in [1.29, 1.82) is 0 Å². The molecule has 0 aliphatic heterocycles. The molecule has 0 aromatic heterocycles. The molecule has 0 heterocycles. The molecule has 2 aliphatic rings. The van der Waals surface area contributed by atoms with Crippen molar-refractivity contribution >= 4 is 11.8 Å². The molecule has 3 heteroatoms. The highest BCUT2D eigenvalue weighted by Gasteiger charge is 2.19. The maximum Gasteiger partial charge on any atom is 0.0510 e. The zero-order chi connectivity index (χ0) is 11.9. The van der Waals surface area contributed by atoms with E-state index in [1.807, 2.05) is 0 Å². The van der Waals surface area contributed by atoms with Crippen molar-refractivity contribution < 1.29 is 0 Å². The van der Waals surface area contributed by atoms with E-state index < -0.39 is 0 Å². The Morgan fingerprint density at radius 2 is 2.06 bits per heavy atom. The molecule has 0 aromatic rings. The van der Waals surface area contributed by atoms with E-state index in [1.54, 1.807) is 5.57 Å². The first-order valence-electron chi connectivity index (χ1n) is 7.17. The molecule has 1 unspecified atom stereocenters. The summed E-state index contributed by atoms with van der Waals surface area (Å²) in [4.78, 5) is 0. The van der Waals surface area contributed by atoms with Crippen molar-refractivity contribution in [2.75, 3.05) is 5.75 Å². The van der Waals surface area contributed by atoms with E-state index in [2.05, 4.69) is 23.3 Å². The Hall–Kier alpha value is 0.01000. The van der Waals surface area contributed by atoms with E-state index in [9.17, 15) is 0 Å². The zero-order valence-electron chi connectivity index (χ0n) is 10.8. The summed E-state index contributed by atoms with van der Waals surface area (Å²) < 4.78 is 0. The van der Waals surface area contributed by atoms with Gasteiger partial charge in [-0.3, -0.25) is 11.3 Å². The second-order valence-electron chi connectivity index (χ2n) is 5.34. The van der Waals surface area contributed by atoms with E-state index in [-0.39, 0.29) is 0 Å². The van der Waals surface area contributed by atoms with E-state index in [4.69, 9.17) is 5.84 Å². The van der Waals surface area contributed by atoms with Crippen LogP contribution in [0.2, 0.25) is 0 Å². The van der Waals surface area contributed by atoms with Gasteiger partial charge in [0.25, 0.3) is 0 Å². The van der Waals surface area contributed by atoms with Crippen LogP contribution in [0.5, 0.6) is 0 Å². The number of hydrogen-bond donors (Lipinski definition) is 2. The van der Waals surface area contributed by atoms with Crippen molar-refractivity contribution in [2.24, 2.45) is 5.84 Å². The maximum atomic E-state index is 5.72. The van der Waals surface area contributed by atoms with Gasteiger partial charge in [0, 0.05) is 11.0 Å². The second-order valence-corrected chi connectivity index (χ2v) is 6.67. The molecule has 17 heavy (non-hydrogen) atoms. The Morgan fingerprint density at radius 3 is 2.71 bits per heavy atom. The first-order chi connectivity index (χ1) is 8.40. The molecule has 0 aromatic carbocycles. The molecule has 1 saturated carbocycles. The standard InChI is InChI=1S/C14H26N2S/c15-16-14(12-7-3-1-4-8-12)11-17-13-9-5-2-6-10-13/h7,13-14,16H,1-6,8-11,15H2. The number of hydrazine groups is 1. The van der Waals surface area contributed by atoms with Crippen LogP contribution in [-0.4, -0.2) is 17.0 Å². The molecule has 2 rings (SSSR count). The lowest BCUT2D eigenvalue weighted by Crippen LogP contribution is -2.39. The van der Waals surface area contributed by atoms with Gasteiger partial charge in [-0.2, -0.15) is 11.8 Å². The van der Waals surface area contributed by atoms with Crippen molar-refractivity contribution in [2.45, 2.75) is 69.1 Å². The summed E-state index contributed by atoms with van der Waals surface area (Å²) in [6, 6.07) is 0.419. The highest BCUT2D eigenvalue weighted by Crippen LogP contribution is 2.30. The van der Waals surface area contributed by atoms with Gasteiger partial charge in [0.05, 0.1) is 6.04 Å². The third-order valence-electron chi connectivity index (χ3n) is 4.03. The van der Waals surface area contributed by atoms with E-state index in [0.717, 1.165) is 11.0 Å². The number of nitrogens with two attached hydrogens (primary N) is 1. The average Bonchev–Trinajstić information content (AvgIpc) is 2.42. The van der Waals surface area contributed by atoms with Gasteiger partial charge in [0.1, 0.15) is 0 Å². The zero-order valence-corrected chi connectivity index (χ0v) is 11.6. The number of rotatable bonds is 5. The smallest absolute Gasteiger partial charge is 0.0510 e. The largest absolute Gasteiger partial charge is 0.271 e. The van der Waals surface area contributed by atoms with Gasteiger partial charge in [0.2, 0.25) is 0 Å². The SMILES string of the molecule is NNC(CSC1CCCCC1)C1=CCCCC1. The van der Waals surface area contributed by atoms with E-state index >= 15 is 0 Å². The molecular formula is C14H26N2S. The van der Waals surface area contributed by atoms with Crippen LogP contribution in [0.15, 0.2) is 11.6 Å². The van der Waals surface area contributed by atoms with Crippen LogP contribution in [0.1, 0.15) is 57.8 Å². The summed E-state index contributed by atoms with van der Waals surface area (Å²) in [6.07, 6.45) is 14.8. The summed E-state index contributed by atoms with van der Waals surface area (Å²) in [5, 5.41) is 0.892. The van der Waals surface area contributed by atoms with Crippen molar-refractivity contribution in [3.8, 4) is 0 Å². The molecule has 98 valence electrons. The minimum absolute atomic E-state index is 0.419. The van der Waals surface area contributed by atoms with Gasteiger partial charge in [-0.25, -0.2) is 0 Å². The fraction of sp³-hybridized carbons (Fsp3) is 0.857. The van der Waals surface area contributed by atoms with Gasteiger partial charge in [0.15, 0.2) is 0 Å². The van der Waals surface area contributed by atoms with Crippen LogP contribution in [-0.2, 0) is 0 Å². The van der Waals surface area contributed by atoms with E-state index in [0.29, 0.717) is 6.04 Å². The third-order valence-corrected chi connectivity index (χ3v) is 5.49. The summed E-state index contributed by atoms with van der Waals surface area (Å²) in [5.74, 6) is 6.87. The van der Waals surface area contributed by atoms with Crippen LogP contribution in [0.25, 0.3) is 0 Å². The number of allylic oxidation sites excluding steroid dienone is 1. The van der Waals surface area contributed by atoms with Crippen LogP contribution in [0.4, 0.5) is 0 Å². The number of nitrogens with one attached hydrogen (secondary N) is 1. The van der Waals surface area contributed by atoms with Gasteiger partial charge >= 0.3 is 0 Å². The van der Waals surface area contributed by atoms with Crippen molar-refractivity contribution in [3.05, 3.63) is 11.6 Å². The quantitative estimate of drug-likeness (QED) is 0.449. The lowest BCUT2D eigenvalue weighted by molar-refractivity contribution is 0.514. The maximum absolute atomic E-state index is 5.72. The second kappa shape index (κ2) is 7.45. The number of thioether (sulfide) groups is 1. The van der Waals surface area contributed by atoms with Gasteiger partial charge in [-0.15, -0.1) is 0 Å². The van der Waals surface area contributed by atoms with Gasteiger partial charge < -0.3 is 0 Å². The molecule has 2 aliphatic carbocycles. The van der Waals surface area contributed by atoms with E-state index in [1.165, 1.54) is 57.8 Å². The lowest BCUT2D eigenvalue weighted by atomic mass is 9.95. The Labute approximate surface area is 110 Å². The fourth-order valence-corrected chi connectivity index (χ4v) is 4.35.